The molecule has 2 heteroatoms. The van der Waals surface area contributed by atoms with Gasteiger partial charge in [-0.2, -0.15) is 0 Å². The van der Waals surface area contributed by atoms with E-state index in [9.17, 15) is 0 Å². The SMILES string of the molecule is COCCCCCCCCCCCCCCCCCCCCCCCCCCCCCCOC. The Hall–Kier alpha value is -0.0800. The molecule has 0 radical (unpaired) electrons. The Bertz CT molecular complexity index is 299. The van der Waals surface area contributed by atoms with Gasteiger partial charge in [0.05, 0.1) is 0 Å². The molecule has 0 amide bonds. The maximum Gasteiger partial charge on any atom is 0.0462 e. The zero-order valence-electron chi connectivity index (χ0n) is 24.0. The van der Waals surface area contributed by atoms with Crippen LogP contribution >= 0.6 is 0 Å². The second-order valence-corrected chi connectivity index (χ2v) is 10.9. The molecule has 206 valence electrons. The average Bonchev–Trinajstić information content (AvgIpc) is 2.85. The first-order valence-electron chi connectivity index (χ1n) is 15.9. The minimum atomic E-state index is 0.942. The second-order valence-electron chi connectivity index (χ2n) is 10.9. The van der Waals surface area contributed by atoms with E-state index in [0.29, 0.717) is 0 Å². The van der Waals surface area contributed by atoms with Crippen molar-refractivity contribution in [3.63, 3.8) is 0 Å². The Morgan fingerprint density at radius 1 is 0.206 bits per heavy atom. The molecule has 0 fully saturated rings. The number of hydrogen-bond donors (Lipinski definition) is 0. The topological polar surface area (TPSA) is 18.5 Å². The van der Waals surface area contributed by atoms with Crippen molar-refractivity contribution in [1.82, 2.24) is 0 Å². The highest BCUT2D eigenvalue weighted by Crippen LogP contribution is 2.16. The lowest BCUT2D eigenvalue weighted by Crippen LogP contribution is -1.88. The van der Waals surface area contributed by atoms with Crippen molar-refractivity contribution in [2.45, 2.75) is 180 Å². The Labute approximate surface area is 216 Å². The van der Waals surface area contributed by atoms with E-state index in [1.807, 2.05) is 0 Å². The highest BCUT2D eigenvalue weighted by Gasteiger charge is 1.97. The molecular weight excluding hydrogens is 416 g/mol. The molecule has 0 aromatic rings. The van der Waals surface area contributed by atoms with Crippen molar-refractivity contribution in [3.05, 3.63) is 0 Å². The van der Waals surface area contributed by atoms with E-state index in [1.165, 1.54) is 180 Å². The zero-order chi connectivity index (χ0) is 24.6. The number of unbranched alkanes of at least 4 members (excludes halogenated alkanes) is 27. The molecule has 2 nitrogen and oxygen atoms in total. The van der Waals surface area contributed by atoms with Crippen LogP contribution in [0.2, 0.25) is 0 Å². The number of ether oxygens (including phenoxy) is 2. The van der Waals surface area contributed by atoms with Crippen molar-refractivity contribution >= 4 is 0 Å². The first kappa shape index (κ1) is 33.9. The first-order chi connectivity index (χ1) is 16.9. The van der Waals surface area contributed by atoms with E-state index < -0.39 is 0 Å². The summed E-state index contributed by atoms with van der Waals surface area (Å²) in [6.45, 7) is 1.88. The van der Waals surface area contributed by atoms with E-state index in [2.05, 4.69) is 0 Å². The summed E-state index contributed by atoms with van der Waals surface area (Å²) >= 11 is 0. The van der Waals surface area contributed by atoms with Crippen molar-refractivity contribution < 1.29 is 9.47 Å². The fraction of sp³-hybridized carbons (Fsp3) is 1.00. The Morgan fingerprint density at radius 2 is 0.324 bits per heavy atom. The van der Waals surface area contributed by atoms with Gasteiger partial charge in [-0.05, 0) is 12.8 Å². The molecule has 0 atom stereocenters. The van der Waals surface area contributed by atoms with Gasteiger partial charge in [0.25, 0.3) is 0 Å². The Morgan fingerprint density at radius 3 is 0.441 bits per heavy atom. The van der Waals surface area contributed by atoms with E-state index in [0.717, 1.165) is 13.2 Å². The summed E-state index contributed by atoms with van der Waals surface area (Å²) < 4.78 is 10.2. The lowest BCUT2D eigenvalue weighted by molar-refractivity contribution is 0.192. The molecule has 0 aliphatic heterocycles. The van der Waals surface area contributed by atoms with Crippen LogP contribution in [0.1, 0.15) is 180 Å². The van der Waals surface area contributed by atoms with Gasteiger partial charge < -0.3 is 9.47 Å². The third kappa shape index (κ3) is 31.9. The summed E-state index contributed by atoms with van der Waals surface area (Å²) in [5.41, 5.74) is 0. The minimum absolute atomic E-state index is 0.942. The number of rotatable bonds is 31. The van der Waals surface area contributed by atoms with Gasteiger partial charge in [0.15, 0.2) is 0 Å². The van der Waals surface area contributed by atoms with Crippen LogP contribution in [0.5, 0.6) is 0 Å². The molecule has 0 heterocycles. The molecule has 0 bridgehead atoms. The summed E-state index contributed by atoms with van der Waals surface area (Å²) in [6, 6.07) is 0. The normalized spacial score (nSPS) is 11.5. The number of methoxy groups -OCH3 is 2. The van der Waals surface area contributed by atoms with Crippen molar-refractivity contribution in [3.8, 4) is 0 Å². The maximum atomic E-state index is 5.10. The van der Waals surface area contributed by atoms with Crippen LogP contribution in [0.3, 0.4) is 0 Å². The highest BCUT2D eigenvalue weighted by atomic mass is 16.5. The van der Waals surface area contributed by atoms with Crippen molar-refractivity contribution in [2.24, 2.45) is 0 Å². The van der Waals surface area contributed by atoms with Crippen molar-refractivity contribution in [2.75, 3.05) is 27.4 Å². The summed E-state index contributed by atoms with van der Waals surface area (Å²) in [5, 5.41) is 0. The van der Waals surface area contributed by atoms with Gasteiger partial charge in [0, 0.05) is 27.4 Å². The van der Waals surface area contributed by atoms with E-state index in [-0.39, 0.29) is 0 Å². The molecule has 34 heavy (non-hydrogen) atoms. The molecule has 0 unspecified atom stereocenters. The van der Waals surface area contributed by atoms with E-state index >= 15 is 0 Å². The van der Waals surface area contributed by atoms with Gasteiger partial charge in [-0.3, -0.25) is 0 Å². The first-order valence-corrected chi connectivity index (χ1v) is 15.9. The lowest BCUT2D eigenvalue weighted by atomic mass is 10.0. The number of hydrogen-bond acceptors (Lipinski definition) is 2. The lowest BCUT2D eigenvalue weighted by Gasteiger charge is -2.04. The third-order valence-electron chi connectivity index (χ3n) is 7.45. The van der Waals surface area contributed by atoms with Gasteiger partial charge >= 0.3 is 0 Å². The molecule has 0 rings (SSSR count). The van der Waals surface area contributed by atoms with Gasteiger partial charge in [-0.15, -0.1) is 0 Å². The molecule has 0 aromatic heterocycles. The van der Waals surface area contributed by atoms with Gasteiger partial charge in [0.2, 0.25) is 0 Å². The van der Waals surface area contributed by atoms with Gasteiger partial charge in [0.1, 0.15) is 0 Å². The smallest absolute Gasteiger partial charge is 0.0462 e. The monoisotopic (exact) mass is 483 g/mol. The molecule has 0 saturated carbocycles. The predicted octanol–water partition coefficient (Wildman–Crippen LogP) is 11.2. The maximum absolute atomic E-state index is 5.10. The van der Waals surface area contributed by atoms with E-state index in [4.69, 9.17) is 9.47 Å². The fourth-order valence-electron chi connectivity index (χ4n) is 5.09. The van der Waals surface area contributed by atoms with Crippen LogP contribution in [0, 0.1) is 0 Å². The Balaban J connectivity index is 2.99. The summed E-state index contributed by atoms with van der Waals surface area (Å²) in [4.78, 5) is 0. The standard InChI is InChI=1S/C32H66O2/c1-33-31-29-27-25-23-21-19-17-15-13-11-9-7-5-3-4-6-8-10-12-14-16-18-20-22-24-26-28-30-32-34-2/h3-32H2,1-2H3. The van der Waals surface area contributed by atoms with Gasteiger partial charge in [-0.25, -0.2) is 0 Å². The largest absolute Gasteiger partial charge is 0.385 e. The van der Waals surface area contributed by atoms with Crippen LogP contribution in [-0.2, 0) is 9.47 Å². The quantitative estimate of drug-likeness (QED) is 0.0914. The van der Waals surface area contributed by atoms with Crippen LogP contribution in [-0.4, -0.2) is 27.4 Å². The highest BCUT2D eigenvalue weighted by molar-refractivity contribution is 4.52. The third-order valence-corrected chi connectivity index (χ3v) is 7.45. The summed E-state index contributed by atoms with van der Waals surface area (Å²) in [7, 11) is 3.61. The molecule has 0 aliphatic carbocycles. The fourth-order valence-corrected chi connectivity index (χ4v) is 5.09. The molecule has 0 aromatic carbocycles. The van der Waals surface area contributed by atoms with Crippen molar-refractivity contribution in [1.29, 1.82) is 0 Å². The second kappa shape index (κ2) is 32.9. The van der Waals surface area contributed by atoms with Gasteiger partial charge in [-0.1, -0.05) is 167 Å². The van der Waals surface area contributed by atoms with Crippen LogP contribution in [0.15, 0.2) is 0 Å². The zero-order valence-corrected chi connectivity index (χ0v) is 24.0. The molecule has 0 aliphatic rings. The van der Waals surface area contributed by atoms with E-state index in [1.54, 1.807) is 14.2 Å². The molecule has 0 spiro atoms. The molecule has 0 saturated heterocycles. The summed E-state index contributed by atoms with van der Waals surface area (Å²) in [5.74, 6) is 0. The average molecular weight is 483 g/mol. The van der Waals surface area contributed by atoms with Crippen LogP contribution in [0.25, 0.3) is 0 Å². The summed E-state index contributed by atoms with van der Waals surface area (Å²) in [6.07, 6.45) is 40.3. The minimum Gasteiger partial charge on any atom is -0.385 e. The predicted molar refractivity (Wildman–Crippen MR) is 153 cm³/mol. The van der Waals surface area contributed by atoms with Crippen LogP contribution in [0.4, 0.5) is 0 Å². The molecule has 0 N–H and O–H groups in total. The molecular formula is C32H66O2. The Kier molecular flexibility index (Phi) is 32.8. The van der Waals surface area contributed by atoms with Crippen LogP contribution < -0.4 is 0 Å².